The van der Waals surface area contributed by atoms with Gasteiger partial charge in [-0.05, 0) is 12.8 Å². The number of carbonyl (C=O) groups is 1. The normalized spacial score (nSPS) is 19.6. The van der Waals surface area contributed by atoms with Gasteiger partial charge < -0.3 is 14.6 Å². The number of ether oxygens (including phenoxy) is 1. The van der Waals surface area contributed by atoms with E-state index in [4.69, 9.17) is 4.74 Å². The molecule has 52 valence electrons. The van der Waals surface area contributed by atoms with E-state index in [9.17, 15) is 9.90 Å². The third-order valence-electron chi connectivity index (χ3n) is 1.55. The molecule has 0 aromatic carbocycles. The van der Waals surface area contributed by atoms with Crippen LogP contribution >= 0.6 is 0 Å². The van der Waals surface area contributed by atoms with Crippen molar-refractivity contribution in [2.75, 3.05) is 13.2 Å². The molecule has 0 unspecified atom stereocenters. The van der Waals surface area contributed by atoms with Crippen LogP contribution in [0.15, 0.2) is 0 Å². The van der Waals surface area contributed by atoms with Gasteiger partial charge in [0.15, 0.2) is 0 Å². The molecule has 0 aromatic heterocycles. The van der Waals surface area contributed by atoms with Gasteiger partial charge in [-0.15, -0.1) is 0 Å². The third kappa shape index (κ3) is 3.01. The van der Waals surface area contributed by atoms with E-state index in [2.05, 4.69) is 0 Å². The summed E-state index contributed by atoms with van der Waals surface area (Å²) in [7, 11) is 0. The van der Waals surface area contributed by atoms with Gasteiger partial charge in [0.25, 0.3) is 0 Å². The van der Waals surface area contributed by atoms with Crippen molar-refractivity contribution in [1.82, 2.24) is 0 Å². The standard InChI is InChI=1S/C6H10O3.Na/c7-6(8)5-1-3-9-4-2-5;/h5H,1-4H2,(H,7,8);/q;+1/p-1. The number of carboxylic acid groups (broad SMARTS) is 1. The van der Waals surface area contributed by atoms with E-state index in [-0.39, 0.29) is 35.5 Å². The van der Waals surface area contributed by atoms with Crippen molar-refractivity contribution in [2.45, 2.75) is 12.8 Å². The van der Waals surface area contributed by atoms with Gasteiger partial charge in [0.1, 0.15) is 0 Å². The quantitative estimate of drug-likeness (QED) is 0.362. The van der Waals surface area contributed by atoms with Crippen LogP contribution in [-0.2, 0) is 9.53 Å². The van der Waals surface area contributed by atoms with E-state index in [0.29, 0.717) is 26.1 Å². The molecule has 1 rings (SSSR count). The van der Waals surface area contributed by atoms with E-state index in [1.165, 1.54) is 0 Å². The van der Waals surface area contributed by atoms with E-state index in [1.807, 2.05) is 0 Å². The zero-order valence-electron chi connectivity index (χ0n) is 6.13. The fourth-order valence-electron chi connectivity index (χ4n) is 0.933. The van der Waals surface area contributed by atoms with Crippen LogP contribution in [0.3, 0.4) is 0 Å². The molecular weight excluding hydrogens is 143 g/mol. The van der Waals surface area contributed by atoms with Gasteiger partial charge in [-0.25, -0.2) is 0 Å². The molecule has 0 N–H and O–H groups in total. The van der Waals surface area contributed by atoms with Crippen molar-refractivity contribution in [3.05, 3.63) is 0 Å². The number of hydrogen-bond acceptors (Lipinski definition) is 3. The Morgan fingerprint density at radius 3 is 2.20 bits per heavy atom. The molecule has 1 saturated heterocycles. The van der Waals surface area contributed by atoms with Crippen molar-refractivity contribution < 1.29 is 44.2 Å². The molecule has 1 aliphatic heterocycles. The van der Waals surface area contributed by atoms with Crippen molar-refractivity contribution in [3.8, 4) is 0 Å². The summed E-state index contributed by atoms with van der Waals surface area (Å²) in [6.07, 6.45) is 1.23. The predicted molar refractivity (Wildman–Crippen MR) is 28.5 cm³/mol. The third-order valence-corrected chi connectivity index (χ3v) is 1.55. The summed E-state index contributed by atoms with van der Waals surface area (Å²) in [5.41, 5.74) is 0. The maximum absolute atomic E-state index is 10.2. The van der Waals surface area contributed by atoms with Gasteiger partial charge in [-0.1, -0.05) is 0 Å². The van der Waals surface area contributed by atoms with Gasteiger partial charge in [-0.3, -0.25) is 0 Å². The minimum absolute atomic E-state index is 0. The van der Waals surface area contributed by atoms with Crippen molar-refractivity contribution >= 4 is 5.97 Å². The molecule has 4 heteroatoms. The summed E-state index contributed by atoms with van der Waals surface area (Å²) in [5.74, 6) is -1.20. The Morgan fingerprint density at radius 2 is 1.90 bits per heavy atom. The minimum atomic E-state index is -0.932. The molecule has 10 heavy (non-hydrogen) atoms. The molecule has 0 radical (unpaired) electrons. The zero-order valence-corrected chi connectivity index (χ0v) is 8.13. The second-order valence-electron chi connectivity index (χ2n) is 2.21. The van der Waals surface area contributed by atoms with E-state index >= 15 is 0 Å². The maximum atomic E-state index is 10.2. The summed E-state index contributed by atoms with van der Waals surface area (Å²) in [5, 5.41) is 10.2. The first kappa shape index (κ1) is 10.4. The van der Waals surface area contributed by atoms with Crippen molar-refractivity contribution in [2.24, 2.45) is 5.92 Å². The van der Waals surface area contributed by atoms with Crippen molar-refractivity contribution in [1.29, 1.82) is 0 Å². The summed E-state index contributed by atoms with van der Waals surface area (Å²) >= 11 is 0. The van der Waals surface area contributed by atoms with Crippen LogP contribution in [0.25, 0.3) is 0 Å². The molecule has 0 aromatic rings. The van der Waals surface area contributed by atoms with E-state index < -0.39 is 5.97 Å². The van der Waals surface area contributed by atoms with Gasteiger partial charge >= 0.3 is 29.6 Å². The molecule has 0 amide bonds. The Labute approximate surface area is 82.0 Å². The summed E-state index contributed by atoms with van der Waals surface area (Å²) in [6, 6.07) is 0. The molecule has 0 aliphatic carbocycles. The fourth-order valence-corrected chi connectivity index (χ4v) is 0.933. The van der Waals surface area contributed by atoms with E-state index in [0.717, 1.165) is 0 Å². The van der Waals surface area contributed by atoms with Gasteiger partial charge in [0.2, 0.25) is 0 Å². The smallest absolute Gasteiger partial charge is 0.550 e. The summed E-state index contributed by atoms with van der Waals surface area (Å²) < 4.78 is 4.96. The first-order valence-corrected chi connectivity index (χ1v) is 3.09. The van der Waals surface area contributed by atoms with Crippen LogP contribution in [0.4, 0.5) is 0 Å². The Hall–Kier alpha value is 0.430. The number of carboxylic acids is 1. The number of carbonyl (C=O) groups excluding carboxylic acids is 1. The van der Waals surface area contributed by atoms with Gasteiger partial charge in [0.05, 0.1) is 0 Å². The number of hydrogen-bond donors (Lipinski definition) is 0. The Kier molecular flexibility index (Phi) is 5.35. The first-order chi connectivity index (χ1) is 4.30. The van der Waals surface area contributed by atoms with Crippen LogP contribution in [0, 0.1) is 5.92 Å². The second kappa shape index (κ2) is 5.13. The van der Waals surface area contributed by atoms with E-state index in [1.54, 1.807) is 0 Å². The molecule has 0 atom stereocenters. The topological polar surface area (TPSA) is 49.4 Å². The SMILES string of the molecule is O=C([O-])C1CCOCC1.[Na+]. The predicted octanol–water partition coefficient (Wildman–Crippen LogP) is -3.83. The molecule has 0 bridgehead atoms. The number of rotatable bonds is 1. The second-order valence-corrected chi connectivity index (χ2v) is 2.21. The molecule has 0 saturated carbocycles. The summed E-state index contributed by atoms with van der Waals surface area (Å²) in [6.45, 7) is 1.14. The minimum Gasteiger partial charge on any atom is -0.550 e. The van der Waals surface area contributed by atoms with Crippen LogP contribution < -0.4 is 34.7 Å². The monoisotopic (exact) mass is 152 g/mol. The van der Waals surface area contributed by atoms with Crippen LogP contribution in [0.2, 0.25) is 0 Å². The van der Waals surface area contributed by atoms with Crippen molar-refractivity contribution in [3.63, 3.8) is 0 Å². The average Bonchev–Trinajstić information content (AvgIpc) is 1.90. The number of aliphatic carboxylic acids is 1. The van der Waals surface area contributed by atoms with Crippen LogP contribution in [-0.4, -0.2) is 19.2 Å². The largest absolute Gasteiger partial charge is 1.00 e. The Bertz CT molecular complexity index is 110. The molecule has 3 nitrogen and oxygen atoms in total. The van der Waals surface area contributed by atoms with Crippen LogP contribution in [0.5, 0.6) is 0 Å². The molecule has 0 spiro atoms. The first-order valence-electron chi connectivity index (χ1n) is 3.09. The molecule has 1 fully saturated rings. The Balaban J connectivity index is 0.000000810. The van der Waals surface area contributed by atoms with Gasteiger partial charge in [-0.2, -0.15) is 0 Å². The van der Waals surface area contributed by atoms with Crippen LogP contribution in [0.1, 0.15) is 12.8 Å². The molecule has 1 aliphatic rings. The zero-order chi connectivity index (χ0) is 6.69. The van der Waals surface area contributed by atoms with Gasteiger partial charge in [0, 0.05) is 25.1 Å². The molecular formula is C6H9NaO3. The average molecular weight is 152 g/mol. The maximum Gasteiger partial charge on any atom is 1.00 e. The molecule has 1 heterocycles. The fraction of sp³-hybridized carbons (Fsp3) is 0.833. The summed E-state index contributed by atoms with van der Waals surface area (Å²) in [4.78, 5) is 10.2. The Morgan fingerprint density at radius 1 is 1.40 bits per heavy atom.